The molecule has 0 bridgehead atoms. The number of aliphatic hydroxyl groups excluding tert-OH is 1. The Balaban J connectivity index is 1.54. The minimum atomic E-state index is -3.31. The molecule has 0 unspecified atom stereocenters. The fourth-order valence-corrected chi connectivity index (χ4v) is 5.08. The number of likely N-dealkylation sites (tertiary alicyclic amines) is 1. The highest BCUT2D eigenvalue weighted by molar-refractivity contribution is 7.89. The molecule has 6 nitrogen and oxygen atoms in total. The average molecular weight is 386 g/mol. The van der Waals surface area contributed by atoms with Crippen molar-refractivity contribution >= 4 is 15.7 Å². The van der Waals surface area contributed by atoms with Gasteiger partial charge in [-0.3, -0.25) is 4.90 Å². The number of piperidine rings is 1. The number of benzene rings is 1. The second-order valence-corrected chi connectivity index (χ2v) is 9.76. The van der Waals surface area contributed by atoms with E-state index in [4.69, 9.17) is 0 Å². The second kappa shape index (κ2) is 7.80. The van der Waals surface area contributed by atoms with Crippen LogP contribution in [0.3, 0.4) is 0 Å². The number of halogens is 1. The Bertz CT molecular complexity index is 703. The highest BCUT2D eigenvalue weighted by Gasteiger charge is 2.38. The molecule has 0 radical (unpaired) electrons. The van der Waals surface area contributed by atoms with E-state index in [0.717, 1.165) is 31.6 Å². The normalized spacial score (nSPS) is 26.0. The second-order valence-electron chi connectivity index (χ2n) is 7.54. The molecule has 1 aromatic carbocycles. The molecule has 146 valence electrons. The largest absolute Gasteiger partial charge is 0.391 e. The van der Waals surface area contributed by atoms with Gasteiger partial charge in [0.1, 0.15) is 5.82 Å². The van der Waals surface area contributed by atoms with Crippen LogP contribution in [-0.4, -0.2) is 80.9 Å². The zero-order valence-corrected chi connectivity index (χ0v) is 16.2. The van der Waals surface area contributed by atoms with Crippen LogP contribution in [0.5, 0.6) is 0 Å². The summed E-state index contributed by atoms with van der Waals surface area (Å²) in [6.07, 6.45) is 1.31. The molecule has 2 saturated heterocycles. The summed E-state index contributed by atoms with van der Waals surface area (Å²) in [6, 6.07) is 6.92. The monoisotopic (exact) mass is 385 g/mol. The van der Waals surface area contributed by atoms with Crippen LogP contribution in [0, 0.1) is 11.7 Å². The van der Waals surface area contributed by atoms with Gasteiger partial charge in [-0.25, -0.2) is 17.1 Å². The van der Waals surface area contributed by atoms with E-state index in [0.29, 0.717) is 19.1 Å². The molecule has 0 saturated carbocycles. The van der Waals surface area contributed by atoms with Gasteiger partial charge in [0.25, 0.3) is 0 Å². The first-order valence-electron chi connectivity index (χ1n) is 9.09. The molecule has 8 heteroatoms. The standard InChI is InChI=1S/C18H28FN3O3S/c1-20(2)26(24,25)13-14-11-22(12-18(14)23)17-7-9-21(10-8-17)16-5-3-15(19)4-6-16/h3-6,14,17-18,23H,7-13H2,1-2H3/t14-,18+/m0/s1. The summed E-state index contributed by atoms with van der Waals surface area (Å²) in [5.74, 6) is -0.475. The molecule has 2 atom stereocenters. The van der Waals surface area contributed by atoms with Gasteiger partial charge in [-0.05, 0) is 37.1 Å². The summed E-state index contributed by atoms with van der Waals surface area (Å²) < 4.78 is 38.5. The van der Waals surface area contributed by atoms with Gasteiger partial charge >= 0.3 is 0 Å². The molecule has 26 heavy (non-hydrogen) atoms. The fraction of sp³-hybridized carbons (Fsp3) is 0.667. The summed E-state index contributed by atoms with van der Waals surface area (Å²) in [7, 11) is -0.254. The van der Waals surface area contributed by atoms with Crippen LogP contribution in [0.25, 0.3) is 0 Å². The molecule has 0 aromatic heterocycles. The average Bonchev–Trinajstić information content (AvgIpc) is 2.96. The number of sulfonamides is 1. The van der Waals surface area contributed by atoms with E-state index in [1.165, 1.54) is 30.5 Å². The third-order valence-electron chi connectivity index (χ3n) is 5.59. The maximum Gasteiger partial charge on any atom is 0.214 e. The van der Waals surface area contributed by atoms with Crippen LogP contribution >= 0.6 is 0 Å². The lowest BCUT2D eigenvalue weighted by Crippen LogP contribution is -2.44. The number of aliphatic hydroxyl groups is 1. The molecule has 2 fully saturated rings. The lowest BCUT2D eigenvalue weighted by Gasteiger charge is -2.38. The van der Waals surface area contributed by atoms with Gasteiger partial charge in [0.15, 0.2) is 0 Å². The van der Waals surface area contributed by atoms with Crippen molar-refractivity contribution in [1.82, 2.24) is 9.21 Å². The van der Waals surface area contributed by atoms with Gasteiger partial charge in [-0.15, -0.1) is 0 Å². The molecule has 1 N–H and O–H groups in total. The highest BCUT2D eigenvalue weighted by atomic mass is 32.2. The lowest BCUT2D eigenvalue weighted by atomic mass is 10.0. The molecule has 3 rings (SSSR count). The minimum Gasteiger partial charge on any atom is -0.391 e. The van der Waals surface area contributed by atoms with Crippen LogP contribution in [0.1, 0.15) is 12.8 Å². The van der Waals surface area contributed by atoms with Crippen LogP contribution in [0.2, 0.25) is 0 Å². The molecule has 0 aliphatic carbocycles. The van der Waals surface area contributed by atoms with E-state index in [1.54, 1.807) is 12.1 Å². The van der Waals surface area contributed by atoms with Crippen LogP contribution < -0.4 is 4.90 Å². The first-order chi connectivity index (χ1) is 12.3. The van der Waals surface area contributed by atoms with Crippen molar-refractivity contribution in [3.8, 4) is 0 Å². The first-order valence-corrected chi connectivity index (χ1v) is 10.7. The van der Waals surface area contributed by atoms with E-state index in [-0.39, 0.29) is 17.5 Å². The number of rotatable bonds is 5. The third kappa shape index (κ3) is 4.36. The molecule has 2 aliphatic heterocycles. The van der Waals surface area contributed by atoms with Gasteiger partial charge in [-0.1, -0.05) is 0 Å². The van der Waals surface area contributed by atoms with Crippen LogP contribution in [0.4, 0.5) is 10.1 Å². The van der Waals surface area contributed by atoms with Gasteiger partial charge in [0.2, 0.25) is 10.0 Å². The smallest absolute Gasteiger partial charge is 0.214 e. The summed E-state index contributed by atoms with van der Waals surface area (Å²) in [6.45, 7) is 2.91. The summed E-state index contributed by atoms with van der Waals surface area (Å²) in [5, 5.41) is 10.3. The number of nitrogens with zero attached hydrogens (tertiary/aromatic N) is 3. The van der Waals surface area contributed by atoms with Crippen molar-refractivity contribution in [3.63, 3.8) is 0 Å². The molecule has 0 spiro atoms. The lowest BCUT2D eigenvalue weighted by molar-refractivity contribution is 0.136. The Morgan fingerprint density at radius 3 is 2.35 bits per heavy atom. The van der Waals surface area contributed by atoms with Crippen LogP contribution in [-0.2, 0) is 10.0 Å². The number of hydrogen-bond donors (Lipinski definition) is 1. The van der Waals surface area contributed by atoms with Gasteiger partial charge in [0, 0.05) is 57.9 Å². The number of hydrogen-bond acceptors (Lipinski definition) is 5. The molecule has 1 aromatic rings. The zero-order valence-electron chi connectivity index (χ0n) is 15.4. The van der Waals surface area contributed by atoms with Crippen molar-refractivity contribution in [2.75, 3.05) is 50.9 Å². The van der Waals surface area contributed by atoms with E-state index < -0.39 is 16.1 Å². The van der Waals surface area contributed by atoms with E-state index >= 15 is 0 Å². The van der Waals surface area contributed by atoms with Crippen molar-refractivity contribution in [3.05, 3.63) is 30.1 Å². The van der Waals surface area contributed by atoms with E-state index in [2.05, 4.69) is 9.80 Å². The Kier molecular flexibility index (Phi) is 5.86. The van der Waals surface area contributed by atoms with Crippen molar-refractivity contribution < 1.29 is 17.9 Å². The van der Waals surface area contributed by atoms with Gasteiger partial charge in [-0.2, -0.15) is 0 Å². The zero-order chi connectivity index (χ0) is 18.9. The highest BCUT2D eigenvalue weighted by Crippen LogP contribution is 2.28. The molecule has 2 aliphatic rings. The molecule has 0 amide bonds. The maximum atomic E-state index is 13.1. The minimum absolute atomic E-state index is 0.00785. The van der Waals surface area contributed by atoms with Crippen molar-refractivity contribution in [1.29, 1.82) is 0 Å². The fourth-order valence-electron chi connectivity index (χ4n) is 3.91. The van der Waals surface area contributed by atoms with Crippen molar-refractivity contribution in [2.24, 2.45) is 5.92 Å². The third-order valence-corrected chi connectivity index (χ3v) is 7.55. The Morgan fingerprint density at radius 1 is 1.15 bits per heavy atom. The predicted octanol–water partition coefficient (Wildman–Crippen LogP) is 0.979. The maximum absolute atomic E-state index is 13.1. The molecule has 2 heterocycles. The van der Waals surface area contributed by atoms with Gasteiger partial charge < -0.3 is 10.0 Å². The number of anilines is 1. The Labute approximate surface area is 155 Å². The van der Waals surface area contributed by atoms with E-state index in [1.807, 2.05) is 0 Å². The Hall–Kier alpha value is -1.22. The summed E-state index contributed by atoms with van der Waals surface area (Å²) >= 11 is 0. The summed E-state index contributed by atoms with van der Waals surface area (Å²) in [5.41, 5.74) is 1.03. The predicted molar refractivity (Wildman–Crippen MR) is 100 cm³/mol. The number of β-amino-alcohol motifs (C(OH)–C–C–N with tert-alkyl or cyclic N) is 1. The van der Waals surface area contributed by atoms with Crippen molar-refractivity contribution in [2.45, 2.75) is 25.0 Å². The molecular weight excluding hydrogens is 357 g/mol. The summed E-state index contributed by atoms with van der Waals surface area (Å²) in [4.78, 5) is 4.49. The first kappa shape index (κ1) is 19.5. The quantitative estimate of drug-likeness (QED) is 0.819. The Morgan fingerprint density at radius 2 is 1.77 bits per heavy atom. The molecular formula is C18H28FN3O3S. The van der Waals surface area contributed by atoms with E-state index in [9.17, 15) is 17.9 Å². The van der Waals surface area contributed by atoms with Crippen LogP contribution in [0.15, 0.2) is 24.3 Å². The topological polar surface area (TPSA) is 64.1 Å². The SMILES string of the molecule is CN(C)S(=O)(=O)C[C@@H]1CN(C2CCN(c3ccc(F)cc3)CC2)C[C@H]1O. The van der Waals surface area contributed by atoms with Gasteiger partial charge in [0.05, 0.1) is 11.9 Å².